The summed E-state index contributed by atoms with van der Waals surface area (Å²) >= 11 is 1.53. The van der Waals surface area contributed by atoms with Gasteiger partial charge >= 0.3 is 0 Å². The van der Waals surface area contributed by atoms with Gasteiger partial charge in [-0.15, -0.1) is 0 Å². The van der Waals surface area contributed by atoms with E-state index >= 15 is 0 Å². The van der Waals surface area contributed by atoms with Crippen molar-refractivity contribution in [2.24, 2.45) is 5.10 Å². The first kappa shape index (κ1) is 12.7. The summed E-state index contributed by atoms with van der Waals surface area (Å²) in [7, 11) is 0. The maximum atomic E-state index is 13.1. The first-order valence-corrected chi connectivity index (χ1v) is 6.96. The summed E-state index contributed by atoms with van der Waals surface area (Å²) in [4.78, 5) is 4.42. The number of nitrogens with one attached hydrogen (secondary N) is 1. The van der Waals surface area contributed by atoms with Gasteiger partial charge < -0.3 is 0 Å². The van der Waals surface area contributed by atoms with Gasteiger partial charge in [0, 0.05) is 5.56 Å². The van der Waals surface area contributed by atoms with Gasteiger partial charge in [0.25, 0.3) is 0 Å². The van der Waals surface area contributed by atoms with Crippen LogP contribution in [0.1, 0.15) is 12.5 Å². The molecule has 0 aliphatic heterocycles. The quantitative estimate of drug-likeness (QED) is 0.576. The zero-order valence-electron chi connectivity index (χ0n) is 10.8. The molecular weight excluding hydrogens is 273 g/mol. The number of hydrogen-bond acceptors (Lipinski definition) is 4. The van der Waals surface area contributed by atoms with Crippen molar-refractivity contribution in [1.82, 2.24) is 4.98 Å². The molecule has 20 heavy (non-hydrogen) atoms. The molecule has 0 spiro atoms. The Kier molecular flexibility index (Phi) is 3.43. The summed E-state index contributed by atoms with van der Waals surface area (Å²) < 4.78 is 14.2. The molecule has 1 heterocycles. The second kappa shape index (κ2) is 5.38. The first-order valence-electron chi connectivity index (χ1n) is 6.14. The number of halogens is 1. The van der Waals surface area contributed by atoms with Gasteiger partial charge in [-0.1, -0.05) is 35.6 Å². The van der Waals surface area contributed by atoms with Crippen molar-refractivity contribution in [2.75, 3.05) is 5.43 Å². The van der Waals surface area contributed by atoms with Crippen molar-refractivity contribution in [1.29, 1.82) is 0 Å². The van der Waals surface area contributed by atoms with Crippen LogP contribution in [0.3, 0.4) is 0 Å². The minimum Gasteiger partial charge on any atom is -0.252 e. The Bertz CT molecular complexity index is 746. The van der Waals surface area contributed by atoms with E-state index in [1.807, 2.05) is 37.3 Å². The van der Waals surface area contributed by atoms with Gasteiger partial charge in [0.1, 0.15) is 5.82 Å². The predicted molar refractivity (Wildman–Crippen MR) is 81.9 cm³/mol. The molecule has 0 aliphatic carbocycles. The molecule has 5 heteroatoms. The van der Waals surface area contributed by atoms with E-state index in [0.717, 1.165) is 20.9 Å². The van der Waals surface area contributed by atoms with Gasteiger partial charge in [-0.05, 0) is 31.2 Å². The first-order chi connectivity index (χ1) is 9.72. The number of benzene rings is 2. The highest BCUT2D eigenvalue weighted by Crippen LogP contribution is 2.25. The Morgan fingerprint density at radius 3 is 2.85 bits per heavy atom. The van der Waals surface area contributed by atoms with Gasteiger partial charge in [-0.25, -0.2) is 9.37 Å². The van der Waals surface area contributed by atoms with Gasteiger partial charge in [-0.3, -0.25) is 5.43 Å². The van der Waals surface area contributed by atoms with Gasteiger partial charge in [-0.2, -0.15) is 5.10 Å². The highest BCUT2D eigenvalue weighted by Gasteiger charge is 2.03. The molecule has 0 bridgehead atoms. The highest BCUT2D eigenvalue weighted by molar-refractivity contribution is 7.22. The van der Waals surface area contributed by atoms with Crippen molar-refractivity contribution in [3.8, 4) is 0 Å². The van der Waals surface area contributed by atoms with E-state index < -0.39 is 0 Å². The van der Waals surface area contributed by atoms with Crippen LogP contribution >= 0.6 is 11.3 Å². The molecule has 0 amide bonds. The predicted octanol–water partition coefficient (Wildman–Crippen LogP) is 4.27. The molecule has 0 saturated carbocycles. The third-order valence-electron chi connectivity index (χ3n) is 2.86. The lowest BCUT2D eigenvalue weighted by Gasteiger charge is -2.01. The SMILES string of the molecule is C/C(=N\Nc1nc2ccccc2s1)c1cccc(F)c1. The second-order valence-corrected chi connectivity index (χ2v) is 5.34. The molecule has 3 aromatic rings. The Morgan fingerprint density at radius 1 is 1.20 bits per heavy atom. The van der Waals surface area contributed by atoms with E-state index in [1.54, 1.807) is 6.07 Å². The van der Waals surface area contributed by atoms with Crippen molar-refractivity contribution in [3.63, 3.8) is 0 Å². The van der Waals surface area contributed by atoms with Gasteiger partial charge in [0.05, 0.1) is 15.9 Å². The van der Waals surface area contributed by atoms with Crippen LogP contribution in [0.4, 0.5) is 9.52 Å². The number of hydrazone groups is 1. The van der Waals surface area contributed by atoms with Crippen LogP contribution in [0.5, 0.6) is 0 Å². The summed E-state index contributed by atoms with van der Waals surface area (Å²) in [6.45, 7) is 1.83. The average Bonchev–Trinajstić information content (AvgIpc) is 2.87. The minimum absolute atomic E-state index is 0.267. The number of fused-ring (bicyclic) bond motifs is 1. The number of para-hydroxylation sites is 1. The average molecular weight is 285 g/mol. The van der Waals surface area contributed by atoms with E-state index in [2.05, 4.69) is 15.5 Å². The van der Waals surface area contributed by atoms with E-state index in [9.17, 15) is 4.39 Å². The molecular formula is C15H12FN3S. The normalized spacial score (nSPS) is 11.8. The van der Waals surface area contributed by atoms with Crippen LogP contribution < -0.4 is 5.43 Å². The maximum Gasteiger partial charge on any atom is 0.204 e. The van der Waals surface area contributed by atoms with Crippen molar-refractivity contribution >= 4 is 32.4 Å². The van der Waals surface area contributed by atoms with Gasteiger partial charge in [0.2, 0.25) is 5.13 Å². The molecule has 0 aliphatic rings. The van der Waals surface area contributed by atoms with Crippen LogP contribution in [0.25, 0.3) is 10.2 Å². The smallest absolute Gasteiger partial charge is 0.204 e. The maximum absolute atomic E-state index is 13.1. The zero-order chi connectivity index (χ0) is 13.9. The summed E-state index contributed by atoms with van der Waals surface area (Å²) in [5.74, 6) is -0.267. The Balaban J connectivity index is 1.82. The summed E-state index contributed by atoms with van der Waals surface area (Å²) in [6.07, 6.45) is 0. The Morgan fingerprint density at radius 2 is 2.05 bits per heavy atom. The number of rotatable bonds is 3. The highest BCUT2D eigenvalue weighted by atomic mass is 32.1. The van der Waals surface area contributed by atoms with E-state index in [4.69, 9.17) is 0 Å². The third-order valence-corrected chi connectivity index (χ3v) is 3.80. The van der Waals surface area contributed by atoms with Gasteiger partial charge in [0.15, 0.2) is 0 Å². The molecule has 2 aromatic carbocycles. The number of anilines is 1. The molecule has 0 atom stereocenters. The fraction of sp³-hybridized carbons (Fsp3) is 0.0667. The molecule has 0 saturated heterocycles. The number of hydrogen-bond donors (Lipinski definition) is 1. The molecule has 1 N–H and O–H groups in total. The lowest BCUT2D eigenvalue weighted by atomic mass is 10.1. The summed E-state index contributed by atoms with van der Waals surface area (Å²) in [5.41, 5.74) is 5.33. The minimum atomic E-state index is -0.267. The Hall–Kier alpha value is -2.27. The summed E-state index contributed by atoms with van der Waals surface area (Å²) in [6, 6.07) is 14.3. The Labute approximate surface area is 119 Å². The van der Waals surface area contributed by atoms with E-state index in [0.29, 0.717) is 5.71 Å². The fourth-order valence-corrected chi connectivity index (χ4v) is 2.64. The van der Waals surface area contributed by atoms with Crippen molar-refractivity contribution < 1.29 is 4.39 Å². The molecule has 0 unspecified atom stereocenters. The molecule has 3 rings (SSSR count). The fourth-order valence-electron chi connectivity index (χ4n) is 1.83. The number of thiazole rings is 1. The standard InChI is InChI=1S/C15H12FN3S/c1-10(11-5-4-6-12(16)9-11)18-19-15-17-13-7-2-3-8-14(13)20-15/h2-9H,1H3,(H,17,19)/b18-10+. The molecule has 1 aromatic heterocycles. The number of aromatic nitrogens is 1. The van der Waals surface area contributed by atoms with Crippen molar-refractivity contribution in [2.45, 2.75) is 6.92 Å². The topological polar surface area (TPSA) is 37.3 Å². The lowest BCUT2D eigenvalue weighted by molar-refractivity contribution is 0.627. The number of nitrogens with zero attached hydrogens (tertiary/aromatic N) is 2. The van der Waals surface area contributed by atoms with Crippen LogP contribution in [0.15, 0.2) is 53.6 Å². The molecule has 0 fully saturated rings. The monoisotopic (exact) mass is 285 g/mol. The molecule has 100 valence electrons. The lowest BCUT2D eigenvalue weighted by Crippen LogP contribution is -1.99. The van der Waals surface area contributed by atoms with Crippen LogP contribution in [-0.4, -0.2) is 10.7 Å². The second-order valence-electron chi connectivity index (χ2n) is 4.31. The zero-order valence-corrected chi connectivity index (χ0v) is 11.6. The molecule has 0 radical (unpaired) electrons. The van der Waals surface area contributed by atoms with Crippen LogP contribution in [0, 0.1) is 5.82 Å². The van der Waals surface area contributed by atoms with Crippen LogP contribution in [-0.2, 0) is 0 Å². The van der Waals surface area contributed by atoms with E-state index in [-0.39, 0.29) is 5.82 Å². The molecule has 3 nitrogen and oxygen atoms in total. The van der Waals surface area contributed by atoms with E-state index in [1.165, 1.54) is 23.5 Å². The largest absolute Gasteiger partial charge is 0.252 e. The van der Waals surface area contributed by atoms with Crippen LogP contribution in [0.2, 0.25) is 0 Å². The van der Waals surface area contributed by atoms with Crippen molar-refractivity contribution in [3.05, 3.63) is 59.9 Å². The summed E-state index contributed by atoms with van der Waals surface area (Å²) in [5, 5.41) is 4.97. The third kappa shape index (κ3) is 2.67.